The van der Waals surface area contributed by atoms with Crippen LogP contribution in [-0.4, -0.2) is 55.0 Å². The van der Waals surface area contributed by atoms with Crippen molar-refractivity contribution in [2.45, 2.75) is 51.6 Å². The maximum absolute atomic E-state index is 11.9. The Labute approximate surface area is 157 Å². The van der Waals surface area contributed by atoms with Crippen LogP contribution in [0.2, 0.25) is 0 Å². The summed E-state index contributed by atoms with van der Waals surface area (Å²) in [5.74, 6) is 0.611. The first-order valence-corrected chi connectivity index (χ1v) is 8.50. The highest BCUT2D eigenvalue weighted by Crippen LogP contribution is 2.30. The summed E-state index contributed by atoms with van der Waals surface area (Å²) in [6.07, 6.45) is 4.76. The number of nitrogens with zero attached hydrogens (tertiary/aromatic N) is 1. The standard InChI is InChI=1S/C16H30N4O2.2ClH/c1-11(2)15(17)16(22)18-9-14(21)19-13-5-7-20(8-6-13)10-12-3-4-12;;/h11-13,15H,3-10,17H2,1-2H3,(H,18,22)(H,19,21);2*1H/t15-;;/m0../s1. The molecule has 6 nitrogen and oxygen atoms in total. The molecule has 1 aliphatic carbocycles. The van der Waals surface area contributed by atoms with Gasteiger partial charge in [-0.1, -0.05) is 13.8 Å². The van der Waals surface area contributed by atoms with Gasteiger partial charge in [-0.3, -0.25) is 9.59 Å². The molecule has 142 valence electrons. The molecule has 24 heavy (non-hydrogen) atoms. The predicted octanol–water partition coefficient (Wildman–Crippen LogP) is 0.920. The minimum absolute atomic E-state index is 0. The molecule has 0 spiro atoms. The fraction of sp³-hybridized carbons (Fsp3) is 0.875. The number of carbonyl (C=O) groups is 2. The Kier molecular flexibility index (Phi) is 10.9. The number of carbonyl (C=O) groups excluding carboxylic acids is 2. The van der Waals surface area contributed by atoms with Crippen molar-refractivity contribution >= 4 is 36.6 Å². The van der Waals surface area contributed by atoms with Crippen molar-refractivity contribution in [3.8, 4) is 0 Å². The van der Waals surface area contributed by atoms with Crippen LogP contribution in [0.1, 0.15) is 39.5 Å². The molecule has 0 radical (unpaired) electrons. The molecule has 4 N–H and O–H groups in total. The van der Waals surface area contributed by atoms with Crippen molar-refractivity contribution < 1.29 is 9.59 Å². The van der Waals surface area contributed by atoms with Gasteiger partial charge in [-0.2, -0.15) is 0 Å². The van der Waals surface area contributed by atoms with E-state index in [1.165, 1.54) is 19.4 Å². The lowest BCUT2D eigenvalue weighted by molar-refractivity contribution is -0.127. The average Bonchev–Trinajstić information content (AvgIpc) is 3.30. The highest BCUT2D eigenvalue weighted by atomic mass is 35.5. The molecule has 1 atom stereocenters. The number of nitrogens with two attached hydrogens (primary N) is 1. The number of halogens is 2. The minimum Gasteiger partial charge on any atom is -0.352 e. The number of hydrogen-bond acceptors (Lipinski definition) is 4. The Balaban J connectivity index is 0.00000264. The van der Waals surface area contributed by atoms with E-state index in [1.54, 1.807) is 0 Å². The maximum atomic E-state index is 11.9. The molecule has 0 aromatic carbocycles. The minimum atomic E-state index is -0.557. The van der Waals surface area contributed by atoms with Crippen LogP contribution in [0, 0.1) is 11.8 Å². The molecule has 0 unspecified atom stereocenters. The van der Waals surface area contributed by atoms with Crippen molar-refractivity contribution in [1.29, 1.82) is 0 Å². The lowest BCUT2D eigenvalue weighted by atomic mass is 10.0. The normalized spacial score (nSPS) is 19.8. The van der Waals surface area contributed by atoms with E-state index < -0.39 is 6.04 Å². The molecule has 2 amide bonds. The van der Waals surface area contributed by atoms with Crippen LogP contribution in [0.5, 0.6) is 0 Å². The van der Waals surface area contributed by atoms with Crippen LogP contribution >= 0.6 is 24.8 Å². The maximum Gasteiger partial charge on any atom is 0.239 e. The highest BCUT2D eigenvalue weighted by Gasteiger charge is 2.27. The van der Waals surface area contributed by atoms with E-state index in [9.17, 15) is 9.59 Å². The Morgan fingerprint density at radius 2 is 1.71 bits per heavy atom. The zero-order valence-electron chi connectivity index (χ0n) is 14.6. The molecule has 0 bridgehead atoms. The molecule has 2 aliphatic rings. The van der Waals surface area contributed by atoms with Gasteiger partial charge in [0.25, 0.3) is 0 Å². The summed E-state index contributed by atoms with van der Waals surface area (Å²) in [6.45, 7) is 7.14. The summed E-state index contributed by atoms with van der Waals surface area (Å²) in [7, 11) is 0. The molecule has 1 saturated carbocycles. The third-order valence-electron chi connectivity index (χ3n) is 4.61. The molecule has 0 aromatic rings. The Morgan fingerprint density at radius 3 is 2.21 bits per heavy atom. The molecule has 8 heteroatoms. The first kappa shape index (κ1) is 23.4. The summed E-state index contributed by atoms with van der Waals surface area (Å²) in [4.78, 5) is 26.1. The molecule has 0 aromatic heterocycles. The lowest BCUT2D eigenvalue weighted by Gasteiger charge is -2.32. The zero-order chi connectivity index (χ0) is 16.1. The highest BCUT2D eigenvalue weighted by molar-refractivity contribution is 5.87. The molecule has 1 saturated heterocycles. The van der Waals surface area contributed by atoms with Gasteiger partial charge in [0.2, 0.25) is 11.8 Å². The monoisotopic (exact) mass is 382 g/mol. The van der Waals surface area contributed by atoms with E-state index in [1.807, 2.05) is 13.8 Å². The first-order valence-electron chi connectivity index (χ1n) is 8.50. The van der Waals surface area contributed by atoms with Gasteiger partial charge in [0.05, 0.1) is 12.6 Å². The summed E-state index contributed by atoms with van der Waals surface area (Å²) < 4.78 is 0. The van der Waals surface area contributed by atoms with Crippen LogP contribution in [0.4, 0.5) is 0 Å². The topological polar surface area (TPSA) is 87.5 Å². The first-order chi connectivity index (χ1) is 10.5. The van der Waals surface area contributed by atoms with Gasteiger partial charge in [-0.05, 0) is 37.5 Å². The number of nitrogens with one attached hydrogen (secondary N) is 2. The second-order valence-electron chi connectivity index (χ2n) is 7.07. The van der Waals surface area contributed by atoms with Crippen molar-refractivity contribution in [3.63, 3.8) is 0 Å². The van der Waals surface area contributed by atoms with Gasteiger partial charge in [-0.15, -0.1) is 24.8 Å². The second kappa shape index (κ2) is 11.1. The zero-order valence-corrected chi connectivity index (χ0v) is 16.3. The molecule has 1 aliphatic heterocycles. The fourth-order valence-corrected chi connectivity index (χ4v) is 2.79. The van der Waals surface area contributed by atoms with Crippen molar-refractivity contribution in [2.75, 3.05) is 26.2 Å². The van der Waals surface area contributed by atoms with E-state index >= 15 is 0 Å². The Bertz CT molecular complexity index is 398. The van der Waals surface area contributed by atoms with Gasteiger partial charge in [-0.25, -0.2) is 0 Å². The summed E-state index contributed by atoms with van der Waals surface area (Å²) in [5, 5.41) is 5.62. The third kappa shape index (κ3) is 8.01. The lowest BCUT2D eigenvalue weighted by Crippen LogP contribution is -2.50. The molecule has 1 heterocycles. The van der Waals surface area contributed by atoms with Crippen LogP contribution in [0.15, 0.2) is 0 Å². The molecule has 2 fully saturated rings. The Hall–Kier alpha value is -0.560. The van der Waals surface area contributed by atoms with Gasteiger partial charge in [0, 0.05) is 25.7 Å². The fourth-order valence-electron chi connectivity index (χ4n) is 2.79. The average molecular weight is 383 g/mol. The Morgan fingerprint density at radius 1 is 1.12 bits per heavy atom. The van der Waals surface area contributed by atoms with Crippen LogP contribution in [0.3, 0.4) is 0 Å². The summed E-state index contributed by atoms with van der Waals surface area (Å²) in [6, 6.07) is -0.322. The number of amides is 2. The van der Waals surface area contributed by atoms with E-state index in [4.69, 9.17) is 5.73 Å². The van der Waals surface area contributed by atoms with E-state index in [-0.39, 0.29) is 55.1 Å². The summed E-state index contributed by atoms with van der Waals surface area (Å²) in [5.41, 5.74) is 5.74. The molecular weight excluding hydrogens is 351 g/mol. The van der Waals surface area contributed by atoms with Crippen LogP contribution in [0.25, 0.3) is 0 Å². The van der Waals surface area contributed by atoms with Gasteiger partial charge in [0.1, 0.15) is 0 Å². The number of rotatable bonds is 7. The van der Waals surface area contributed by atoms with Crippen LogP contribution < -0.4 is 16.4 Å². The quantitative estimate of drug-likeness (QED) is 0.610. The second-order valence-corrected chi connectivity index (χ2v) is 7.07. The van der Waals surface area contributed by atoms with Crippen molar-refractivity contribution in [1.82, 2.24) is 15.5 Å². The van der Waals surface area contributed by atoms with Crippen molar-refractivity contribution in [2.24, 2.45) is 17.6 Å². The van der Waals surface area contributed by atoms with E-state index in [0.717, 1.165) is 31.8 Å². The third-order valence-corrected chi connectivity index (χ3v) is 4.61. The summed E-state index contributed by atoms with van der Waals surface area (Å²) >= 11 is 0. The number of hydrogen-bond donors (Lipinski definition) is 3. The van der Waals surface area contributed by atoms with E-state index in [0.29, 0.717) is 0 Å². The van der Waals surface area contributed by atoms with Gasteiger partial charge < -0.3 is 21.3 Å². The van der Waals surface area contributed by atoms with Crippen molar-refractivity contribution in [3.05, 3.63) is 0 Å². The predicted molar refractivity (Wildman–Crippen MR) is 101 cm³/mol. The SMILES string of the molecule is CC(C)[C@H](N)C(=O)NCC(=O)NC1CCN(CC2CC2)CC1.Cl.Cl. The van der Waals surface area contributed by atoms with Gasteiger partial charge in [0.15, 0.2) is 0 Å². The largest absolute Gasteiger partial charge is 0.352 e. The molecular formula is C16H32Cl2N4O2. The van der Waals surface area contributed by atoms with E-state index in [2.05, 4.69) is 15.5 Å². The number of piperidine rings is 1. The van der Waals surface area contributed by atoms with Crippen LogP contribution in [-0.2, 0) is 9.59 Å². The van der Waals surface area contributed by atoms with Gasteiger partial charge >= 0.3 is 0 Å². The smallest absolute Gasteiger partial charge is 0.239 e. The number of likely N-dealkylation sites (tertiary alicyclic amines) is 1. The molecule has 2 rings (SSSR count).